The maximum Gasteiger partial charge on any atom is 0.172 e. The fourth-order valence-electron chi connectivity index (χ4n) is 7.89. The molecule has 1 saturated heterocycles. The monoisotopic (exact) mass is 426 g/mol. The zero-order chi connectivity index (χ0) is 21.4. The Bertz CT molecular complexity index is 969. The molecule has 4 atom stereocenters. The molecule has 0 aromatic heterocycles. The summed E-state index contributed by atoms with van der Waals surface area (Å²) in [5, 5.41) is 0. The minimum atomic E-state index is -0.463. The van der Waals surface area contributed by atoms with Gasteiger partial charge in [0.05, 0.1) is 13.2 Å². The third-order valence-electron chi connectivity index (χ3n) is 9.75. The molecule has 4 aliphatic carbocycles. The van der Waals surface area contributed by atoms with Gasteiger partial charge in [-0.05, 0) is 90.0 Å². The smallest absolute Gasteiger partial charge is 0.172 e. The predicted molar refractivity (Wildman–Crippen MR) is 115 cm³/mol. The van der Waals surface area contributed by atoms with Gasteiger partial charge in [-0.1, -0.05) is 25.5 Å². The van der Waals surface area contributed by atoms with Crippen molar-refractivity contribution in [3.8, 4) is 0 Å². The molecule has 0 amide bonds. The molecule has 0 N–H and O–H groups in total. The van der Waals surface area contributed by atoms with Crippen LogP contribution in [0.2, 0.25) is 0 Å². The number of ether oxygens (including phenoxy) is 2. The number of benzene rings is 1. The molecule has 6 rings (SSSR count). The third kappa shape index (κ3) is 2.80. The maximum absolute atomic E-state index is 14.1. The van der Waals surface area contributed by atoms with E-state index >= 15 is 0 Å². The summed E-state index contributed by atoms with van der Waals surface area (Å²) in [6, 6.07) is 4.13. The number of hydrogen-bond acceptors (Lipinski definition) is 2. The van der Waals surface area contributed by atoms with Gasteiger partial charge in [0.15, 0.2) is 5.79 Å². The summed E-state index contributed by atoms with van der Waals surface area (Å²) in [6.45, 7) is 6.05. The Hall–Kier alpha value is -1.52. The van der Waals surface area contributed by atoms with Gasteiger partial charge in [-0.15, -0.1) is 0 Å². The fourth-order valence-corrected chi connectivity index (χ4v) is 7.89. The number of fused-ring (bicyclic) bond motifs is 4. The average Bonchev–Trinajstić information content (AvgIpc) is 3.30. The zero-order valence-corrected chi connectivity index (χ0v) is 18.6. The molecule has 1 aliphatic heterocycles. The van der Waals surface area contributed by atoms with Gasteiger partial charge in [0.2, 0.25) is 0 Å². The van der Waals surface area contributed by atoms with Crippen LogP contribution >= 0.6 is 0 Å². The number of rotatable bonds is 1. The van der Waals surface area contributed by atoms with Gasteiger partial charge in [-0.25, -0.2) is 8.78 Å². The van der Waals surface area contributed by atoms with Crippen LogP contribution in [0.5, 0.6) is 0 Å². The van der Waals surface area contributed by atoms with Crippen molar-refractivity contribution in [2.45, 2.75) is 76.4 Å². The van der Waals surface area contributed by atoms with E-state index in [0.717, 1.165) is 56.6 Å². The van der Waals surface area contributed by atoms with Crippen molar-refractivity contribution in [1.82, 2.24) is 0 Å². The van der Waals surface area contributed by atoms with E-state index in [1.54, 1.807) is 28.9 Å². The van der Waals surface area contributed by atoms with E-state index in [2.05, 4.69) is 19.9 Å². The van der Waals surface area contributed by atoms with Crippen LogP contribution in [-0.2, 0) is 14.9 Å². The summed E-state index contributed by atoms with van der Waals surface area (Å²) in [5.74, 6) is -0.154. The Morgan fingerprint density at radius 1 is 0.935 bits per heavy atom. The van der Waals surface area contributed by atoms with Crippen LogP contribution in [0.25, 0.3) is 0 Å². The van der Waals surface area contributed by atoms with E-state index in [1.807, 2.05) is 0 Å². The average molecular weight is 427 g/mol. The highest BCUT2D eigenvalue weighted by Crippen LogP contribution is 2.66. The van der Waals surface area contributed by atoms with Gasteiger partial charge >= 0.3 is 0 Å². The third-order valence-corrected chi connectivity index (χ3v) is 9.75. The van der Waals surface area contributed by atoms with Crippen LogP contribution in [-0.4, -0.2) is 19.0 Å². The van der Waals surface area contributed by atoms with Crippen molar-refractivity contribution in [3.05, 3.63) is 58.2 Å². The Balaban J connectivity index is 1.35. The minimum Gasteiger partial charge on any atom is -0.347 e. The van der Waals surface area contributed by atoms with Crippen molar-refractivity contribution in [2.75, 3.05) is 13.2 Å². The molecule has 0 bridgehead atoms. The van der Waals surface area contributed by atoms with Gasteiger partial charge in [-0.2, -0.15) is 0 Å². The molecular weight excluding hydrogens is 394 g/mol. The standard InChI is InChI=1S/C27H32F2O2/c1-25(18-13-19(28)15-20(29)14-18)9-7-24-23-4-3-17-16-27(30-11-12-31-27)10-6-21(17)22(23)5-8-26(24,25)2/h5,13-15,23-24H,3-4,6-12,16H2,1-2H3/t23-,24+,25-,26+/m1/s1. The molecule has 0 unspecified atom stereocenters. The zero-order valence-electron chi connectivity index (χ0n) is 18.6. The first kappa shape index (κ1) is 20.1. The van der Waals surface area contributed by atoms with Crippen LogP contribution in [0.1, 0.15) is 70.8 Å². The van der Waals surface area contributed by atoms with E-state index < -0.39 is 11.6 Å². The second-order valence-electron chi connectivity index (χ2n) is 10.9. The Morgan fingerprint density at radius 3 is 2.42 bits per heavy atom. The van der Waals surface area contributed by atoms with E-state index in [-0.39, 0.29) is 16.6 Å². The first-order valence-corrected chi connectivity index (χ1v) is 12.0. The lowest BCUT2D eigenvalue weighted by Gasteiger charge is -2.52. The molecule has 2 fully saturated rings. The molecule has 1 aromatic rings. The van der Waals surface area contributed by atoms with Crippen LogP contribution in [0.4, 0.5) is 8.78 Å². The van der Waals surface area contributed by atoms with E-state index in [4.69, 9.17) is 9.47 Å². The molecule has 1 aromatic carbocycles. The summed E-state index contributed by atoms with van der Waals surface area (Å²) in [5.41, 5.74) is 5.34. The van der Waals surface area contributed by atoms with Gasteiger partial charge in [0.1, 0.15) is 11.6 Å². The Labute approximate surface area is 183 Å². The van der Waals surface area contributed by atoms with E-state index in [1.165, 1.54) is 6.42 Å². The maximum atomic E-state index is 14.1. The number of allylic oxidation sites excluding steroid dienone is 3. The lowest BCUT2D eigenvalue weighted by molar-refractivity contribution is -0.164. The Morgan fingerprint density at radius 2 is 1.68 bits per heavy atom. The highest BCUT2D eigenvalue weighted by Gasteiger charge is 2.59. The van der Waals surface area contributed by atoms with Crippen molar-refractivity contribution < 1.29 is 18.3 Å². The van der Waals surface area contributed by atoms with Crippen LogP contribution in [0.3, 0.4) is 0 Å². The first-order chi connectivity index (χ1) is 14.8. The van der Waals surface area contributed by atoms with Gasteiger partial charge in [0, 0.05) is 18.9 Å². The second-order valence-corrected chi connectivity index (χ2v) is 10.9. The molecule has 0 radical (unpaired) electrons. The predicted octanol–water partition coefficient (Wildman–Crippen LogP) is 6.60. The molecular formula is C27H32F2O2. The summed E-state index contributed by atoms with van der Waals surface area (Å²) in [7, 11) is 0. The summed E-state index contributed by atoms with van der Waals surface area (Å²) in [4.78, 5) is 0. The molecule has 166 valence electrons. The summed E-state index contributed by atoms with van der Waals surface area (Å²) < 4.78 is 40.2. The van der Waals surface area contributed by atoms with Crippen LogP contribution < -0.4 is 0 Å². The topological polar surface area (TPSA) is 18.5 Å². The molecule has 2 nitrogen and oxygen atoms in total. The molecule has 31 heavy (non-hydrogen) atoms. The van der Waals surface area contributed by atoms with Crippen molar-refractivity contribution in [2.24, 2.45) is 17.3 Å². The van der Waals surface area contributed by atoms with E-state index in [9.17, 15) is 8.78 Å². The van der Waals surface area contributed by atoms with Gasteiger partial charge in [0.25, 0.3) is 0 Å². The SMILES string of the molecule is C[C@]12CC=C3C4=C(CC[C@H]3[C@@H]1CC[C@]2(C)c1cc(F)cc(F)c1)CC1(CC4)OCCO1. The van der Waals surface area contributed by atoms with Crippen molar-refractivity contribution in [3.63, 3.8) is 0 Å². The van der Waals surface area contributed by atoms with Crippen molar-refractivity contribution >= 4 is 0 Å². The largest absolute Gasteiger partial charge is 0.347 e. The minimum absolute atomic E-state index is 0.0209. The molecule has 4 heteroatoms. The normalized spacial score (nSPS) is 38.6. The Kier molecular flexibility index (Phi) is 4.37. The molecule has 1 spiro atoms. The van der Waals surface area contributed by atoms with Gasteiger partial charge < -0.3 is 9.47 Å². The molecule has 5 aliphatic rings. The number of halogens is 2. The lowest BCUT2D eigenvalue weighted by atomic mass is 9.52. The number of hydrogen-bond donors (Lipinski definition) is 0. The summed E-state index contributed by atoms with van der Waals surface area (Å²) in [6.07, 6.45) is 10.8. The lowest BCUT2D eigenvalue weighted by Crippen LogP contribution is -2.46. The first-order valence-electron chi connectivity index (χ1n) is 12.0. The molecule has 1 heterocycles. The van der Waals surface area contributed by atoms with Crippen LogP contribution in [0.15, 0.2) is 41.0 Å². The van der Waals surface area contributed by atoms with Crippen molar-refractivity contribution in [1.29, 1.82) is 0 Å². The van der Waals surface area contributed by atoms with Crippen LogP contribution in [0, 0.1) is 28.9 Å². The fraction of sp³-hybridized carbons (Fsp3) is 0.630. The highest BCUT2D eigenvalue weighted by atomic mass is 19.1. The summed E-state index contributed by atoms with van der Waals surface area (Å²) >= 11 is 0. The quantitative estimate of drug-likeness (QED) is 0.503. The molecule has 1 saturated carbocycles. The van der Waals surface area contributed by atoms with E-state index in [0.29, 0.717) is 25.0 Å². The van der Waals surface area contributed by atoms with Gasteiger partial charge in [-0.3, -0.25) is 0 Å². The highest BCUT2D eigenvalue weighted by molar-refractivity contribution is 5.46. The second kappa shape index (κ2) is 6.74.